The van der Waals surface area contributed by atoms with Gasteiger partial charge in [0.05, 0.1) is 29.5 Å². The normalized spacial score (nSPS) is 32.0. The number of piperidine rings is 1. The van der Waals surface area contributed by atoms with E-state index < -0.39 is 5.92 Å². The number of alkyl halides is 2. The Morgan fingerprint density at radius 3 is 2.68 bits per heavy atom. The molecule has 1 spiro atoms. The Bertz CT molecular complexity index is 1160. The first-order chi connectivity index (χ1) is 17.8. The number of rotatable bonds is 3. The van der Waals surface area contributed by atoms with Crippen molar-refractivity contribution in [2.45, 2.75) is 75.3 Å². The number of thiazole rings is 1. The molecule has 2 saturated heterocycles. The fraction of sp³-hybridized carbons (Fsp3) is 0.643. The van der Waals surface area contributed by atoms with Crippen molar-refractivity contribution in [3.05, 3.63) is 51.2 Å². The van der Waals surface area contributed by atoms with Gasteiger partial charge < -0.3 is 15.5 Å². The number of aryl methyl sites for hydroxylation is 1. The summed E-state index contributed by atoms with van der Waals surface area (Å²) in [6, 6.07) is 6.77. The number of amides is 1. The summed E-state index contributed by atoms with van der Waals surface area (Å²) in [5.41, 5.74) is 1.58. The van der Waals surface area contributed by atoms with Gasteiger partial charge in [0.25, 0.3) is 0 Å². The van der Waals surface area contributed by atoms with Crippen LogP contribution in [0.25, 0.3) is 0 Å². The Hall–Kier alpha value is -1.97. The lowest BCUT2D eigenvalue weighted by atomic mass is 9.71. The summed E-state index contributed by atoms with van der Waals surface area (Å²) in [5, 5.41) is 5.60. The van der Waals surface area contributed by atoms with E-state index >= 15 is 0 Å². The van der Waals surface area contributed by atoms with Gasteiger partial charge in [-0.25, -0.2) is 18.2 Å². The minimum atomic E-state index is -2.62. The molecule has 1 aliphatic carbocycles. The van der Waals surface area contributed by atoms with Crippen molar-refractivity contribution in [1.29, 1.82) is 0 Å². The summed E-state index contributed by atoms with van der Waals surface area (Å²) in [6.45, 7) is 5.94. The summed E-state index contributed by atoms with van der Waals surface area (Å²) in [7, 11) is 0. The highest BCUT2D eigenvalue weighted by Crippen LogP contribution is 2.46. The molecule has 5 nitrogen and oxygen atoms in total. The van der Waals surface area contributed by atoms with Crippen LogP contribution in [0.2, 0.25) is 0 Å². The van der Waals surface area contributed by atoms with E-state index in [1.54, 1.807) is 17.4 Å². The minimum absolute atomic E-state index is 0.000509. The van der Waals surface area contributed by atoms with Gasteiger partial charge >= 0.3 is 0 Å². The van der Waals surface area contributed by atoms with Crippen LogP contribution >= 0.6 is 11.3 Å². The molecule has 1 aromatic heterocycles. The van der Waals surface area contributed by atoms with Crippen molar-refractivity contribution in [2.24, 2.45) is 11.8 Å². The second kappa shape index (κ2) is 9.65. The van der Waals surface area contributed by atoms with Crippen molar-refractivity contribution in [1.82, 2.24) is 9.88 Å². The van der Waals surface area contributed by atoms with Crippen LogP contribution in [0.5, 0.6) is 0 Å². The molecule has 2 aromatic rings. The molecular formula is C28H37F3N4OS+2. The van der Waals surface area contributed by atoms with Crippen molar-refractivity contribution >= 4 is 17.2 Å². The van der Waals surface area contributed by atoms with Gasteiger partial charge in [0, 0.05) is 25.4 Å². The number of carbonyl (C=O) groups excluding carboxylic acids is 1. The maximum atomic E-state index is 14.7. The third-order valence-corrected chi connectivity index (χ3v) is 10.8. The first-order valence-corrected chi connectivity index (χ1v) is 14.6. The Kier molecular flexibility index (Phi) is 6.60. The standard InChI is InChI=1S/C28H35F3N4OS/c1-17-34-23-14-33-16-27(25(23)37-17)15-32-13-21(27)26(36)35-11-8-19(20-4-2-3-5-22(20)29)12-24(35)18-6-9-28(30,31)10-7-18/h2-5,18-19,21,24,32-33H,6-16H2,1H3/p+2/t19-,21+,24+,27+/m1/s1. The molecule has 4 aliphatic rings. The molecule has 1 amide bonds. The lowest BCUT2D eigenvalue weighted by Gasteiger charge is -2.47. The van der Waals surface area contributed by atoms with Crippen molar-refractivity contribution in [3.63, 3.8) is 0 Å². The lowest BCUT2D eigenvalue weighted by Crippen LogP contribution is -2.91. The lowest BCUT2D eigenvalue weighted by molar-refractivity contribution is -0.691. The summed E-state index contributed by atoms with van der Waals surface area (Å²) in [5.74, 6) is -2.79. The van der Waals surface area contributed by atoms with Gasteiger partial charge in [-0.1, -0.05) is 18.2 Å². The first-order valence-electron chi connectivity index (χ1n) is 13.8. The summed E-state index contributed by atoms with van der Waals surface area (Å²) >= 11 is 1.74. The van der Waals surface area contributed by atoms with Gasteiger partial charge in [-0.05, 0) is 56.1 Å². The van der Waals surface area contributed by atoms with Crippen molar-refractivity contribution in [2.75, 3.05) is 26.2 Å². The van der Waals surface area contributed by atoms with Crippen LogP contribution in [0.1, 0.15) is 65.6 Å². The SMILES string of the molecule is Cc1nc2c(s1)[C@]1(C[NH2+]C2)C[NH2+]C[C@H]1C(=O)N1CC[C@@H](c2ccccc2F)C[C@H]1C1CCC(F)(F)CC1. The topological polar surface area (TPSA) is 66.4 Å². The third-order valence-electron chi connectivity index (χ3n) is 9.56. The fourth-order valence-electron chi connectivity index (χ4n) is 7.70. The molecule has 0 radical (unpaired) electrons. The largest absolute Gasteiger partial charge is 0.345 e. The number of aromatic nitrogens is 1. The maximum absolute atomic E-state index is 14.7. The van der Waals surface area contributed by atoms with E-state index in [-0.39, 0.29) is 53.8 Å². The van der Waals surface area contributed by atoms with E-state index in [1.807, 2.05) is 24.0 Å². The Morgan fingerprint density at radius 2 is 1.89 bits per heavy atom. The quantitative estimate of drug-likeness (QED) is 0.636. The number of quaternary nitrogens is 2. The molecule has 200 valence electrons. The van der Waals surface area contributed by atoms with E-state index in [2.05, 4.69) is 10.6 Å². The minimum Gasteiger partial charge on any atom is -0.345 e. The molecule has 9 heteroatoms. The van der Waals surface area contributed by atoms with E-state index in [9.17, 15) is 18.0 Å². The number of nitrogens with two attached hydrogens (primary N) is 2. The van der Waals surface area contributed by atoms with Crippen LogP contribution in [0.3, 0.4) is 0 Å². The van der Waals surface area contributed by atoms with Gasteiger partial charge in [-0.15, -0.1) is 11.3 Å². The second-order valence-electron chi connectivity index (χ2n) is 11.7. The molecule has 37 heavy (non-hydrogen) atoms. The summed E-state index contributed by atoms with van der Waals surface area (Å²) in [4.78, 5) is 22.5. The van der Waals surface area contributed by atoms with Crippen LogP contribution < -0.4 is 10.6 Å². The predicted molar refractivity (Wildman–Crippen MR) is 135 cm³/mol. The average Bonchev–Trinajstić information content (AvgIpc) is 3.48. The summed E-state index contributed by atoms with van der Waals surface area (Å²) < 4.78 is 42.9. The molecular weight excluding hydrogens is 497 g/mol. The van der Waals surface area contributed by atoms with E-state index in [0.29, 0.717) is 37.8 Å². The van der Waals surface area contributed by atoms with Crippen molar-refractivity contribution < 1.29 is 28.6 Å². The number of benzene rings is 1. The van der Waals surface area contributed by atoms with Gasteiger partial charge in [0.2, 0.25) is 11.8 Å². The van der Waals surface area contributed by atoms with Gasteiger partial charge in [0.15, 0.2) is 0 Å². The zero-order valence-corrected chi connectivity index (χ0v) is 22.2. The maximum Gasteiger partial charge on any atom is 0.248 e. The molecule has 3 aliphatic heterocycles. The first kappa shape index (κ1) is 25.3. The Morgan fingerprint density at radius 1 is 1.14 bits per heavy atom. The van der Waals surface area contributed by atoms with Gasteiger partial charge in [-0.3, -0.25) is 4.79 Å². The highest BCUT2D eigenvalue weighted by Gasteiger charge is 2.58. The number of nitrogens with zero attached hydrogens (tertiary/aromatic N) is 2. The Balaban J connectivity index is 1.30. The zero-order chi connectivity index (χ0) is 25.8. The highest BCUT2D eigenvalue weighted by molar-refractivity contribution is 7.11. The van der Waals surface area contributed by atoms with Crippen LogP contribution in [-0.4, -0.2) is 53.9 Å². The fourth-order valence-corrected chi connectivity index (χ4v) is 8.91. The molecule has 1 aromatic carbocycles. The molecule has 1 saturated carbocycles. The summed E-state index contributed by atoms with van der Waals surface area (Å²) in [6.07, 6.45) is 1.93. The molecule has 0 unspecified atom stereocenters. The molecule has 4 N–H and O–H groups in total. The molecule has 6 rings (SSSR count). The van der Waals surface area contributed by atoms with E-state index in [0.717, 1.165) is 36.9 Å². The smallest absolute Gasteiger partial charge is 0.248 e. The Labute approximate surface area is 220 Å². The number of hydrogen-bond acceptors (Lipinski definition) is 3. The van der Waals surface area contributed by atoms with Crippen LogP contribution in [0.4, 0.5) is 13.2 Å². The van der Waals surface area contributed by atoms with Crippen LogP contribution in [-0.2, 0) is 16.8 Å². The molecule has 0 bridgehead atoms. The second-order valence-corrected chi connectivity index (χ2v) is 12.9. The number of halogens is 3. The van der Waals surface area contributed by atoms with Crippen LogP contribution in [0.15, 0.2) is 24.3 Å². The average molecular weight is 535 g/mol. The molecule has 4 heterocycles. The molecule has 4 atom stereocenters. The van der Waals surface area contributed by atoms with Gasteiger partial charge in [0.1, 0.15) is 29.4 Å². The highest BCUT2D eigenvalue weighted by atomic mass is 32.1. The number of carbonyl (C=O) groups is 1. The predicted octanol–water partition coefficient (Wildman–Crippen LogP) is 2.70. The number of likely N-dealkylation sites (tertiary alicyclic amines) is 1. The molecule has 3 fully saturated rings. The third kappa shape index (κ3) is 4.51. The number of hydrogen-bond donors (Lipinski definition) is 2. The van der Waals surface area contributed by atoms with E-state index in [1.165, 1.54) is 10.9 Å². The van der Waals surface area contributed by atoms with Crippen molar-refractivity contribution in [3.8, 4) is 0 Å². The van der Waals surface area contributed by atoms with E-state index in [4.69, 9.17) is 4.98 Å². The zero-order valence-electron chi connectivity index (χ0n) is 21.4. The number of fused-ring (bicyclic) bond motifs is 2. The van der Waals surface area contributed by atoms with Crippen LogP contribution in [0, 0.1) is 24.6 Å². The van der Waals surface area contributed by atoms with Gasteiger partial charge in [-0.2, -0.15) is 0 Å². The monoisotopic (exact) mass is 534 g/mol.